The van der Waals surface area contributed by atoms with Crippen LogP contribution in [0.25, 0.3) is 0 Å². The van der Waals surface area contributed by atoms with E-state index in [1.54, 1.807) is 0 Å². The zero-order chi connectivity index (χ0) is 12.5. The molecule has 2 rings (SSSR count). The number of carbonyl (C=O) groups is 1. The minimum absolute atomic E-state index is 0.369. The molecule has 0 spiro atoms. The zero-order valence-electron chi connectivity index (χ0n) is 11.1. The lowest BCUT2D eigenvalue weighted by Crippen LogP contribution is -2.56. The molecule has 0 aromatic heterocycles. The van der Waals surface area contributed by atoms with Crippen molar-refractivity contribution in [2.75, 3.05) is 7.05 Å². The van der Waals surface area contributed by atoms with Crippen LogP contribution in [0.5, 0.6) is 0 Å². The fourth-order valence-corrected chi connectivity index (χ4v) is 3.28. The second-order valence-corrected chi connectivity index (χ2v) is 5.98. The van der Waals surface area contributed by atoms with Gasteiger partial charge in [-0.25, -0.2) is 0 Å². The van der Waals surface area contributed by atoms with Gasteiger partial charge < -0.3 is 5.11 Å². The highest BCUT2D eigenvalue weighted by atomic mass is 16.4. The third-order valence-electron chi connectivity index (χ3n) is 4.91. The second kappa shape index (κ2) is 4.97. The SMILES string of the molecule is CN(C1CCCCCC1)C(C)(C(=O)O)C1CC1. The molecule has 0 bridgehead atoms. The maximum absolute atomic E-state index is 11.6. The highest BCUT2D eigenvalue weighted by molar-refractivity contribution is 5.79. The monoisotopic (exact) mass is 239 g/mol. The summed E-state index contributed by atoms with van der Waals surface area (Å²) >= 11 is 0. The Labute approximate surface area is 104 Å². The number of carboxylic acids is 1. The third kappa shape index (κ3) is 2.49. The summed E-state index contributed by atoms with van der Waals surface area (Å²) < 4.78 is 0. The first-order valence-corrected chi connectivity index (χ1v) is 7.03. The van der Waals surface area contributed by atoms with Gasteiger partial charge in [-0.1, -0.05) is 25.7 Å². The van der Waals surface area contributed by atoms with Crippen molar-refractivity contribution in [1.82, 2.24) is 4.90 Å². The Balaban J connectivity index is 2.09. The summed E-state index contributed by atoms with van der Waals surface area (Å²) in [6, 6.07) is 0.471. The molecule has 2 saturated carbocycles. The molecule has 98 valence electrons. The summed E-state index contributed by atoms with van der Waals surface area (Å²) in [6.45, 7) is 1.93. The number of hydrogen-bond acceptors (Lipinski definition) is 2. The van der Waals surface area contributed by atoms with Gasteiger partial charge in [0.1, 0.15) is 5.54 Å². The number of hydrogen-bond donors (Lipinski definition) is 1. The van der Waals surface area contributed by atoms with Gasteiger partial charge in [-0.2, -0.15) is 0 Å². The molecule has 0 radical (unpaired) electrons. The van der Waals surface area contributed by atoms with Crippen LogP contribution in [0.3, 0.4) is 0 Å². The van der Waals surface area contributed by atoms with Crippen LogP contribution in [0, 0.1) is 5.92 Å². The van der Waals surface area contributed by atoms with Gasteiger partial charge in [-0.05, 0) is 45.6 Å². The molecule has 0 aliphatic heterocycles. The Hall–Kier alpha value is -0.570. The lowest BCUT2D eigenvalue weighted by molar-refractivity contribution is -0.153. The average molecular weight is 239 g/mol. The number of aliphatic carboxylic acids is 1. The number of carboxylic acid groups (broad SMARTS) is 1. The van der Waals surface area contributed by atoms with Crippen LogP contribution < -0.4 is 0 Å². The fourth-order valence-electron chi connectivity index (χ4n) is 3.28. The lowest BCUT2D eigenvalue weighted by atomic mass is 9.90. The normalized spacial score (nSPS) is 26.5. The van der Waals surface area contributed by atoms with E-state index in [2.05, 4.69) is 4.90 Å². The summed E-state index contributed by atoms with van der Waals surface area (Å²) in [5.74, 6) is -0.264. The van der Waals surface area contributed by atoms with E-state index in [-0.39, 0.29) is 0 Å². The largest absolute Gasteiger partial charge is 0.480 e. The Morgan fingerprint density at radius 2 is 1.65 bits per heavy atom. The minimum atomic E-state index is -0.633. The smallest absolute Gasteiger partial charge is 0.324 e. The molecule has 2 aliphatic carbocycles. The molecule has 3 heteroatoms. The molecule has 0 aromatic carbocycles. The van der Waals surface area contributed by atoms with E-state index in [1.807, 2.05) is 14.0 Å². The van der Waals surface area contributed by atoms with Crippen LogP contribution in [0.4, 0.5) is 0 Å². The maximum Gasteiger partial charge on any atom is 0.324 e. The summed E-state index contributed by atoms with van der Waals surface area (Å²) in [5, 5.41) is 9.57. The quantitative estimate of drug-likeness (QED) is 0.767. The van der Waals surface area contributed by atoms with Crippen LogP contribution in [-0.4, -0.2) is 34.6 Å². The van der Waals surface area contributed by atoms with E-state index in [1.165, 1.54) is 38.5 Å². The van der Waals surface area contributed by atoms with Crippen molar-refractivity contribution < 1.29 is 9.90 Å². The zero-order valence-corrected chi connectivity index (χ0v) is 11.1. The molecule has 0 saturated heterocycles. The maximum atomic E-state index is 11.6. The number of nitrogens with zero attached hydrogens (tertiary/aromatic N) is 1. The molecule has 1 unspecified atom stereocenters. The first-order valence-electron chi connectivity index (χ1n) is 7.03. The Bertz CT molecular complexity index is 280. The molecular weight excluding hydrogens is 214 g/mol. The summed E-state index contributed by atoms with van der Waals surface area (Å²) in [7, 11) is 2.03. The summed E-state index contributed by atoms with van der Waals surface area (Å²) in [6.07, 6.45) is 9.66. The predicted molar refractivity (Wildman–Crippen MR) is 68.0 cm³/mol. The Morgan fingerprint density at radius 1 is 1.12 bits per heavy atom. The highest BCUT2D eigenvalue weighted by Crippen LogP contribution is 2.44. The second-order valence-electron chi connectivity index (χ2n) is 5.98. The topological polar surface area (TPSA) is 40.5 Å². The van der Waals surface area contributed by atoms with Crippen LogP contribution in [-0.2, 0) is 4.79 Å². The van der Waals surface area contributed by atoms with Gasteiger partial charge in [0.15, 0.2) is 0 Å². The first-order chi connectivity index (χ1) is 8.06. The molecule has 17 heavy (non-hydrogen) atoms. The van der Waals surface area contributed by atoms with Gasteiger partial charge in [-0.3, -0.25) is 9.69 Å². The van der Waals surface area contributed by atoms with E-state index in [9.17, 15) is 9.90 Å². The van der Waals surface area contributed by atoms with Crippen molar-refractivity contribution in [3.05, 3.63) is 0 Å². The molecule has 2 aliphatic rings. The summed E-state index contributed by atoms with van der Waals surface area (Å²) in [5.41, 5.74) is -0.630. The van der Waals surface area contributed by atoms with Gasteiger partial charge in [0, 0.05) is 6.04 Å². The molecule has 0 amide bonds. The van der Waals surface area contributed by atoms with E-state index < -0.39 is 11.5 Å². The molecule has 3 nitrogen and oxygen atoms in total. The molecule has 2 fully saturated rings. The van der Waals surface area contributed by atoms with Crippen LogP contribution in [0.1, 0.15) is 58.3 Å². The van der Waals surface area contributed by atoms with Crippen molar-refractivity contribution in [1.29, 1.82) is 0 Å². The van der Waals surface area contributed by atoms with E-state index in [4.69, 9.17) is 0 Å². The van der Waals surface area contributed by atoms with E-state index in [0.717, 1.165) is 12.8 Å². The van der Waals surface area contributed by atoms with Crippen LogP contribution in [0.2, 0.25) is 0 Å². The van der Waals surface area contributed by atoms with Gasteiger partial charge in [-0.15, -0.1) is 0 Å². The van der Waals surface area contributed by atoms with Gasteiger partial charge in [0.05, 0.1) is 0 Å². The molecule has 0 heterocycles. The number of rotatable bonds is 4. The van der Waals surface area contributed by atoms with Gasteiger partial charge >= 0.3 is 5.97 Å². The molecular formula is C14H25NO2. The van der Waals surface area contributed by atoms with Gasteiger partial charge in [0.25, 0.3) is 0 Å². The van der Waals surface area contributed by atoms with E-state index in [0.29, 0.717) is 12.0 Å². The first kappa shape index (κ1) is 12.9. The lowest BCUT2D eigenvalue weighted by Gasteiger charge is -2.40. The summed E-state index contributed by atoms with van der Waals surface area (Å²) in [4.78, 5) is 13.8. The van der Waals surface area contributed by atoms with Crippen molar-refractivity contribution >= 4 is 5.97 Å². The number of likely N-dealkylation sites (N-methyl/N-ethyl adjacent to an activating group) is 1. The van der Waals surface area contributed by atoms with Crippen molar-refractivity contribution in [2.24, 2.45) is 5.92 Å². The van der Waals surface area contributed by atoms with E-state index >= 15 is 0 Å². The molecule has 1 atom stereocenters. The minimum Gasteiger partial charge on any atom is -0.480 e. The van der Waals surface area contributed by atoms with Crippen molar-refractivity contribution in [2.45, 2.75) is 69.9 Å². The fraction of sp³-hybridized carbons (Fsp3) is 0.929. The van der Waals surface area contributed by atoms with Crippen LogP contribution in [0.15, 0.2) is 0 Å². The third-order valence-corrected chi connectivity index (χ3v) is 4.91. The van der Waals surface area contributed by atoms with Crippen molar-refractivity contribution in [3.8, 4) is 0 Å². The molecule has 1 N–H and O–H groups in total. The Kier molecular flexibility index (Phi) is 3.76. The highest BCUT2D eigenvalue weighted by Gasteiger charge is 2.51. The Morgan fingerprint density at radius 3 is 2.06 bits per heavy atom. The van der Waals surface area contributed by atoms with Crippen molar-refractivity contribution in [3.63, 3.8) is 0 Å². The predicted octanol–water partition coefficient (Wildman–Crippen LogP) is 2.89. The average Bonchev–Trinajstić information content (AvgIpc) is 3.12. The van der Waals surface area contributed by atoms with Gasteiger partial charge in [0.2, 0.25) is 0 Å². The molecule has 0 aromatic rings. The standard InChI is InChI=1S/C14H25NO2/c1-14(13(16)17,11-9-10-11)15(2)12-7-5-3-4-6-8-12/h11-12H,3-10H2,1-2H3,(H,16,17). The van der Waals surface area contributed by atoms with Crippen LogP contribution >= 0.6 is 0 Å².